The second kappa shape index (κ2) is 8.99. The number of benzene rings is 2. The van der Waals surface area contributed by atoms with E-state index < -0.39 is 0 Å². The van der Waals surface area contributed by atoms with Crippen molar-refractivity contribution in [2.45, 2.75) is 13.0 Å². The maximum atomic E-state index is 12.0. The van der Waals surface area contributed by atoms with Crippen molar-refractivity contribution in [2.75, 3.05) is 27.2 Å². The van der Waals surface area contributed by atoms with Crippen molar-refractivity contribution < 1.29 is 14.3 Å². The van der Waals surface area contributed by atoms with Crippen LogP contribution < -0.4 is 10.1 Å². The lowest BCUT2D eigenvalue weighted by Gasteiger charge is -2.25. The highest BCUT2D eigenvalue weighted by molar-refractivity contribution is 5.94. The lowest BCUT2D eigenvalue weighted by Crippen LogP contribution is -2.36. The molecule has 0 aromatic heterocycles. The zero-order valence-electron chi connectivity index (χ0n) is 14.9. The minimum Gasteiger partial charge on any atom is -0.484 e. The van der Waals surface area contributed by atoms with Crippen LogP contribution >= 0.6 is 0 Å². The van der Waals surface area contributed by atoms with E-state index in [1.54, 1.807) is 24.3 Å². The predicted octanol–water partition coefficient (Wildman–Crippen LogP) is 2.69. The molecule has 132 valence electrons. The summed E-state index contributed by atoms with van der Waals surface area (Å²) in [5, 5.41) is 2.90. The molecule has 1 atom stereocenters. The number of amides is 1. The first-order chi connectivity index (χ1) is 12.0. The van der Waals surface area contributed by atoms with Crippen LogP contribution in [-0.2, 0) is 4.79 Å². The Morgan fingerprint density at radius 3 is 2.24 bits per heavy atom. The number of ether oxygens (including phenoxy) is 1. The zero-order chi connectivity index (χ0) is 18.2. The Balaban J connectivity index is 1.84. The molecule has 0 bridgehead atoms. The van der Waals surface area contributed by atoms with Gasteiger partial charge in [-0.3, -0.25) is 9.59 Å². The summed E-state index contributed by atoms with van der Waals surface area (Å²) in [6, 6.07) is 16.9. The molecule has 1 unspecified atom stereocenters. The molecule has 0 aliphatic carbocycles. The van der Waals surface area contributed by atoms with Gasteiger partial charge in [-0.2, -0.15) is 0 Å². The first kappa shape index (κ1) is 18.7. The Hall–Kier alpha value is -2.66. The SMILES string of the molecule is CC(=O)c1ccc(OCC(=O)NCC(c2ccccc2)N(C)C)cc1. The molecule has 0 saturated carbocycles. The second-order valence-electron chi connectivity index (χ2n) is 6.06. The van der Waals surface area contributed by atoms with Crippen LogP contribution in [0.4, 0.5) is 0 Å². The molecule has 5 nitrogen and oxygen atoms in total. The fourth-order valence-corrected chi connectivity index (χ4v) is 2.47. The highest BCUT2D eigenvalue weighted by atomic mass is 16.5. The first-order valence-electron chi connectivity index (χ1n) is 8.19. The van der Waals surface area contributed by atoms with Gasteiger partial charge in [-0.15, -0.1) is 0 Å². The molecule has 1 amide bonds. The third-order valence-electron chi connectivity index (χ3n) is 3.93. The lowest BCUT2D eigenvalue weighted by molar-refractivity contribution is -0.123. The number of ketones is 1. The molecule has 2 rings (SSSR count). The van der Waals surface area contributed by atoms with E-state index in [0.717, 1.165) is 5.56 Å². The molecule has 0 saturated heterocycles. The molecule has 1 N–H and O–H groups in total. The largest absolute Gasteiger partial charge is 0.484 e. The minimum absolute atomic E-state index is 0.0000627. The molecular weight excluding hydrogens is 316 g/mol. The van der Waals surface area contributed by atoms with Gasteiger partial charge in [0.1, 0.15) is 5.75 Å². The van der Waals surface area contributed by atoms with E-state index in [1.165, 1.54) is 6.92 Å². The lowest BCUT2D eigenvalue weighted by atomic mass is 10.1. The molecule has 0 radical (unpaired) electrons. The molecule has 5 heteroatoms. The van der Waals surface area contributed by atoms with Gasteiger partial charge in [0.25, 0.3) is 5.91 Å². The molecule has 0 aliphatic rings. The molecular formula is C20H24N2O3. The Bertz CT molecular complexity index is 697. The van der Waals surface area contributed by atoms with Crippen molar-refractivity contribution in [1.82, 2.24) is 10.2 Å². The normalized spacial score (nSPS) is 11.8. The second-order valence-corrected chi connectivity index (χ2v) is 6.06. The Kier molecular flexibility index (Phi) is 6.71. The summed E-state index contributed by atoms with van der Waals surface area (Å²) in [4.78, 5) is 25.3. The van der Waals surface area contributed by atoms with Crippen LogP contribution in [0.3, 0.4) is 0 Å². The van der Waals surface area contributed by atoms with Crippen LogP contribution in [0.15, 0.2) is 54.6 Å². The topological polar surface area (TPSA) is 58.6 Å². The van der Waals surface area contributed by atoms with Crippen LogP contribution in [0.2, 0.25) is 0 Å². The van der Waals surface area contributed by atoms with Crippen LogP contribution in [0, 0.1) is 0 Å². The highest BCUT2D eigenvalue weighted by Crippen LogP contribution is 2.16. The average Bonchev–Trinajstić information content (AvgIpc) is 2.61. The highest BCUT2D eigenvalue weighted by Gasteiger charge is 2.15. The van der Waals surface area contributed by atoms with E-state index in [1.807, 2.05) is 44.4 Å². The summed E-state index contributed by atoms with van der Waals surface area (Å²) in [5.41, 5.74) is 1.77. The Morgan fingerprint density at radius 2 is 1.68 bits per heavy atom. The molecule has 0 fully saturated rings. The molecule has 0 aliphatic heterocycles. The van der Waals surface area contributed by atoms with Crippen molar-refractivity contribution in [3.8, 4) is 5.75 Å². The summed E-state index contributed by atoms with van der Waals surface area (Å²) in [6.45, 7) is 1.95. The van der Waals surface area contributed by atoms with Gasteiger partial charge < -0.3 is 15.0 Å². The van der Waals surface area contributed by atoms with Gasteiger partial charge >= 0.3 is 0 Å². The molecule has 0 heterocycles. The van der Waals surface area contributed by atoms with Crippen molar-refractivity contribution in [3.63, 3.8) is 0 Å². The number of Topliss-reactive ketones (excluding diaryl/α,β-unsaturated/α-hetero) is 1. The Morgan fingerprint density at radius 1 is 1.04 bits per heavy atom. The summed E-state index contributed by atoms with van der Waals surface area (Å²) in [7, 11) is 3.97. The first-order valence-corrected chi connectivity index (χ1v) is 8.19. The Labute approximate surface area is 148 Å². The fourth-order valence-electron chi connectivity index (χ4n) is 2.47. The molecule has 25 heavy (non-hydrogen) atoms. The van der Waals surface area contributed by atoms with E-state index in [2.05, 4.69) is 10.2 Å². The van der Waals surface area contributed by atoms with Crippen LogP contribution in [0.25, 0.3) is 0 Å². The maximum Gasteiger partial charge on any atom is 0.258 e. The van der Waals surface area contributed by atoms with Gasteiger partial charge in [-0.25, -0.2) is 0 Å². The fraction of sp³-hybridized carbons (Fsp3) is 0.300. The van der Waals surface area contributed by atoms with Crippen molar-refractivity contribution in [2.24, 2.45) is 0 Å². The van der Waals surface area contributed by atoms with Crippen LogP contribution in [-0.4, -0.2) is 43.8 Å². The third kappa shape index (κ3) is 5.72. The van der Waals surface area contributed by atoms with Crippen molar-refractivity contribution >= 4 is 11.7 Å². The van der Waals surface area contributed by atoms with Crippen molar-refractivity contribution in [3.05, 3.63) is 65.7 Å². The minimum atomic E-state index is -0.182. The van der Waals surface area contributed by atoms with Gasteiger partial charge in [0, 0.05) is 12.1 Å². The number of likely N-dealkylation sites (N-methyl/N-ethyl adjacent to an activating group) is 1. The predicted molar refractivity (Wildman–Crippen MR) is 97.8 cm³/mol. The number of hydrogen-bond donors (Lipinski definition) is 1. The van der Waals surface area contributed by atoms with E-state index in [-0.39, 0.29) is 24.3 Å². The van der Waals surface area contributed by atoms with E-state index in [0.29, 0.717) is 17.9 Å². The van der Waals surface area contributed by atoms with Gasteiger partial charge in [-0.1, -0.05) is 30.3 Å². The van der Waals surface area contributed by atoms with Crippen LogP contribution in [0.5, 0.6) is 5.75 Å². The average molecular weight is 340 g/mol. The van der Waals surface area contributed by atoms with Gasteiger partial charge in [0.05, 0.1) is 6.04 Å². The summed E-state index contributed by atoms with van der Waals surface area (Å²) in [5.74, 6) is 0.380. The summed E-state index contributed by atoms with van der Waals surface area (Å²) in [6.07, 6.45) is 0. The molecule has 0 spiro atoms. The summed E-state index contributed by atoms with van der Waals surface area (Å²) < 4.78 is 5.46. The smallest absolute Gasteiger partial charge is 0.258 e. The molecule has 2 aromatic carbocycles. The zero-order valence-corrected chi connectivity index (χ0v) is 14.9. The standard InChI is InChI=1S/C20H24N2O3/c1-15(23)16-9-11-18(12-10-16)25-14-20(24)21-13-19(22(2)3)17-7-5-4-6-8-17/h4-12,19H,13-14H2,1-3H3,(H,21,24). The number of hydrogen-bond acceptors (Lipinski definition) is 4. The number of nitrogens with zero attached hydrogens (tertiary/aromatic N) is 1. The van der Waals surface area contributed by atoms with E-state index in [9.17, 15) is 9.59 Å². The van der Waals surface area contributed by atoms with Crippen molar-refractivity contribution in [1.29, 1.82) is 0 Å². The maximum absolute atomic E-state index is 12.0. The number of carbonyl (C=O) groups excluding carboxylic acids is 2. The number of rotatable bonds is 8. The van der Waals surface area contributed by atoms with Gasteiger partial charge in [0.15, 0.2) is 12.4 Å². The summed E-state index contributed by atoms with van der Waals surface area (Å²) >= 11 is 0. The van der Waals surface area contributed by atoms with Gasteiger partial charge in [0.2, 0.25) is 0 Å². The van der Waals surface area contributed by atoms with Crippen LogP contribution in [0.1, 0.15) is 28.9 Å². The quantitative estimate of drug-likeness (QED) is 0.751. The number of carbonyl (C=O) groups is 2. The van der Waals surface area contributed by atoms with E-state index in [4.69, 9.17) is 4.74 Å². The monoisotopic (exact) mass is 340 g/mol. The third-order valence-corrected chi connectivity index (χ3v) is 3.93. The van der Waals surface area contributed by atoms with E-state index >= 15 is 0 Å². The molecule has 2 aromatic rings. The van der Waals surface area contributed by atoms with Gasteiger partial charge in [-0.05, 0) is 50.8 Å². The number of nitrogens with one attached hydrogen (secondary N) is 1.